The largest absolute Gasteiger partial charge is 0.315 e. The molecule has 1 aliphatic rings. The average Bonchev–Trinajstić information content (AvgIpc) is 2.80. The zero-order valence-corrected chi connectivity index (χ0v) is 13.2. The van der Waals surface area contributed by atoms with Crippen molar-refractivity contribution in [2.24, 2.45) is 0 Å². The summed E-state index contributed by atoms with van der Waals surface area (Å²) in [5, 5.41) is 0. The molecule has 0 bridgehead atoms. The van der Waals surface area contributed by atoms with Gasteiger partial charge in [-0.2, -0.15) is 0 Å². The number of likely N-dealkylation sites (N-methyl/N-ethyl adjacent to an activating group) is 1. The molecule has 0 aromatic heterocycles. The Morgan fingerprint density at radius 3 is 2.57 bits per heavy atom. The van der Waals surface area contributed by atoms with Crippen LogP contribution in [0.3, 0.4) is 0 Å². The summed E-state index contributed by atoms with van der Waals surface area (Å²) in [7, 11) is -1.99. The lowest BCUT2D eigenvalue weighted by molar-refractivity contribution is -0.117. The van der Waals surface area contributed by atoms with Gasteiger partial charge in [0.15, 0.2) is 0 Å². The standard InChI is InChI=1S/C16H15FN2O3S/c1-19-15-7-2-11(8-12(15)9-16(19)20)10-18-23(21,22)14-5-3-13(17)4-6-14/h2-8,18H,9-10H2,1H3. The lowest BCUT2D eigenvalue weighted by Crippen LogP contribution is -2.23. The topological polar surface area (TPSA) is 66.5 Å². The van der Waals surface area contributed by atoms with Gasteiger partial charge in [0, 0.05) is 19.3 Å². The SMILES string of the molecule is CN1C(=O)Cc2cc(CNS(=O)(=O)c3ccc(F)cc3)ccc21. The second kappa shape index (κ2) is 5.75. The maximum Gasteiger partial charge on any atom is 0.240 e. The number of nitrogens with one attached hydrogen (secondary N) is 1. The van der Waals surface area contributed by atoms with Gasteiger partial charge in [-0.25, -0.2) is 17.5 Å². The molecule has 1 N–H and O–H groups in total. The van der Waals surface area contributed by atoms with Gasteiger partial charge in [0.2, 0.25) is 15.9 Å². The van der Waals surface area contributed by atoms with Gasteiger partial charge in [0.1, 0.15) is 5.82 Å². The van der Waals surface area contributed by atoms with Crippen LogP contribution in [-0.2, 0) is 27.8 Å². The molecule has 5 nitrogen and oxygen atoms in total. The van der Waals surface area contributed by atoms with E-state index < -0.39 is 15.8 Å². The molecule has 0 saturated carbocycles. The highest BCUT2D eigenvalue weighted by Gasteiger charge is 2.24. The second-order valence-corrected chi connectivity index (χ2v) is 7.14. The van der Waals surface area contributed by atoms with Crippen LogP contribution in [-0.4, -0.2) is 21.4 Å². The second-order valence-electron chi connectivity index (χ2n) is 5.37. The molecule has 0 unspecified atom stereocenters. The monoisotopic (exact) mass is 334 g/mol. The molecule has 0 fully saturated rings. The number of hydrogen-bond acceptors (Lipinski definition) is 3. The first-order chi connectivity index (χ1) is 10.9. The smallest absolute Gasteiger partial charge is 0.240 e. The molecule has 0 aliphatic carbocycles. The quantitative estimate of drug-likeness (QED) is 0.927. The molecule has 1 aliphatic heterocycles. The zero-order chi connectivity index (χ0) is 16.6. The van der Waals surface area contributed by atoms with E-state index in [1.807, 2.05) is 12.1 Å². The number of carbonyl (C=O) groups is 1. The predicted octanol–water partition coefficient (Wildman–Crippen LogP) is 1.82. The van der Waals surface area contributed by atoms with Crippen molar-refractivity contribution in [3.05, 3.63) is 59.4 Å². The van der Waals surface area contributed by atoms with E-state index >= 15 is 0 Å². The third-order valence-corrected chi connectivity index (χ3v) is 5.23. The van der Waals surface area contributed by atoms with Gasteiger partial charge in [0.25, 0.3) is 0 Å². The first-order valence-electron chi connectivity index (χ1n) is 7.00. The number of hydrogen-bond donors (Lipinski definition) is 1. The van der Waals surface area contributed by atoms with Crippen molar-refractivity contribution >= 4 is 21.6 Å². The number of carbonyl (C=O) groups excluding carboxylic acids is 1. The van der Waals surface area contributed by atoms with Gasteiger partial charge < -0.3 is 4.90 Å². The molecule has 0 saturated heterocycles. The Hall–Kier alpha value is -2.25. The van der Waals surface area contributed by atoms with E-state index in [-0.39, 0.29) is 17.3 Å². The highest BCUT2D eigenvalue weighted by Crippen LogP contribution is 2.28. The third-order valence-electron chi connectivity index (χ3n) is 3.81. The molecule has 3 rings (SSSR count). The van der Waals surface area contributed by atoms with Gasteiger partial charge in [0.05, 0.1) is 11.3 Å². The van der Waals surface area contributed by atoms with Crippen LogP contribution in [0.1, 0.15) is 11.1 Å². The maximum absolute atomic E-state index is 12.9. The fourth-order valence-corrected chi connectivity index (χ4v) is 3.53. The molecule has 1 heterocycles. The minimum Gasteiger partial charge on any atom is -0.315 e. The average molecular weight is 334 g/mol. The van der Waals surface area contributed by atoms with Crippen LogP contribution in [0.2, 0.25) is 0 Å². The molecule has 2 aromatic carbocycles. The van der Waals surface area contributed by atoms with E-state index in [0.717, 1.165) is 28.9 Å². The summed E-state index contributed by atoms with van der Waals surface area (Å²) >= 11 is 0. The first-order valence-corrected chi connectivity index (χ1v) is 8.49. The van der Waals surface area contributed by atoms with Crippen LogP contribution in [0.5, 0.6) is 0 Å². The summed E-state index contributed by atoms with van der Waals surface area (Å²) in [6.45, 7) is 0.102. The molecular weight excluding hydrogens is 319 g/mol. The summed E-state index contributed by atoms with van der Waals surface area (Å²) in [6, 6.07) is 10.0. The normalized spacial score (nSPS) is 14.2. The van der Waals surface area contributed by atoms with Crippen molar-refractivity contribution in [1.82, 2.24) is 4.72 Å². The van der Waals surface area contributed by atoms with Crippen LogP contribution < -0.4 is 9.62 Å². The van der Waals surface area contributed by atoms with Crippen LogP contribution in [0.15, 0.2) is 47.4 Å². The van der Waals surface area contributed by atoms with Gasteiger partial charge in [-0.15, -0.1) is 0 Å². The minimum absolute atomic E-state index is 0.00923. The summed E-state index contributed by atoms with van der Waals surface area (Å²) in [5.74, 6) is -0.472. The summed E-state index contributed by atoms with van der Waals surface area (Å²) in [6.07, 6.45) is 0.324. The molecule has 120 valence electrons. The Balaban J connectivity index is 1.75. The number of benzene rings is 2. The highest BCUT2D eigenvalue weighted by molar-refractivity contribution is 7.89. The van der Waals surface area contributed by atoms with Gasteiger partial charge >= 0.3 is 0 Å². The van der Waals surface area contributed by atoms with Gasteiger partial charge in [-0.1, -0.05) is 12.1 Å². The van der Waals surface area contributed by atoms with E-state index in [9.17, 15) is 17.6 Å². The molecule has 2 aromatic rings. The first kappa shape index (κ1) is 15.6. The summed E-state index contributed by atoms with van der Waals surface area (Å²) in [4.78, 5) is 13.3. The molecule has 7 heteroatoms. The van der Waals surface area contributed by atoms with E-state index in [0.29, 0.717) is 6.42 Å². The number of anilines is 1. The van der Waals surface area contributed by atoms with E-state index in [1.54, 1.807) is 18.0 Å². The van der Waals surface area contributed by atoms with Crippen LogP contribution in [0, 0.1) is 5.82 Å². The molecule has 23 heavy (non-hydrogen) atoms. The zero-order valence-electron chi connectivity index (χ0n) is 12.4. The molecule has 0 spiro atoms. The Morgan fingerprint density at radius 1 is 1.17 bits per heavy atom. The third kappa shape index (κ3) is 3.11. The van der Waals surface area contributed by atoms with Crippen LogP contribution in [0.25, 0.3) is 0 Å². The van der Waals surface area contributed by atoms with E-state index in [1.165, 1.54) is 12.1 Å². The lowest BCUT2D eigenvalue weighted by atomic mass is 10.1. The number of nitrogens with zero attached hydrogens (tertiary/aromatic N) is 1. The summed E-state index contributed by atoms with van der Waals surface area (Å²) < 4.78 is 39.7. The summed E-state index contributed by atoms with van der Waals surface area (Å²) in [5.41, 5.74) is 2.49. The van der Waals surface area contributed by atoms with Crippen molar-refractivity contribution < 1.29 is 17.6 Å². The van der Waals surface area contributed by atoms with E-state index in [2.05, 4.69) is 4.72 Å². The maximum atomic E-state index is 12.9. The molecule has 1 amide bonds. The van der Waals surface area contributed by atoms with Gasteiger partial charge in [-0.3, -0.25) is 4.79 Å². The van der Waals surface area contributed by atoms with Crippen molar-refractivity contribution in [2.45, 2.75) is 17.9 Å². The Labute approximate surface area is 133 Å². The van der Waals surface area contributed by atoms with Crippen molar-refractivity contribution in [3.63, 3.8) is 0 Å². The number of sulfonamides is 1. The van der Waals surface area contributed by atoms with Crippen LogP contribution in [0.4, 0.5) is 10.1 Å². The molecule has 0 radical (unpaired) electrons. The lowest BCUT2D eigenvalue weighted by Gasteiger charge is -2.11. The Bertz CT molecular complexity index is 863. The fraction of sp³-hybridized carbons (Fsp3) is 0.188. The van der Waals surface area contributed by atoms with Crippen molar-refractivity contribution in [1.29, 1.82) is 0 Å². The van der Waals surface area contributed by atoms with Crippen molar-refractivity contribution in [3.8, 4) is 0 Å². The molecule has 0 atom stereocenters. The number of halogens is 1. The highest BCUT2D eigenvalue weighted by atomic mass is 32.2. The predicted molar refractivity (Wildman–Crippen MR) is 84.0 cm³/mol. The number of fused-ring (bicyclic) bond motifs is 1. The fourth-order valence-electron chi connectivity index (χ4n) is 2.51. The number of amides is 1. The minimum atomic E-state index is -3.70. The van der Waals surface area contributed by atoms with Gasteiger partial charge in [-0.05, 0) is 41.5 Å². The van der Waals surface area contributed by atoms with Crippen molar-refractivity contribution in [2.75, 3.05) is 11.9 Å². The van der Waals surface area contributed by atoms with E-state index in [4.69, 9.17) is 0 Å². The Kier molecular flexibility index (Phi) is 3.91. The molecular formula is C16H15FN2O3S. The number of rotatable bonds is 4. The Morgan fingerprint density at radius 2 is 1.87 bits per heavy atom. The van der Waals surface area contributed by atoms with Crippen LogP contribution >= 0.6 is 0 Å².